The third kappa shape index (κ3) is 3.73. The average molecular weight is 276 g/mol. The minimum absolute atomic E-state index is 0.0499. The van der Waals surface area contributed by atoms with Gasteiger partial charge < -0.3 is 15.3 Å². The van der Waals surface area contributed by atoms with Crippen molar-refractivity contribution in [3.8, 4) is 5.75 Å². The maximum atomic E-state index is 12.1. The van der Waals surface area contributed by atoms with Gasteiger partial charge in [-0.05, 0) is 57.5 Å². The normalized spacial score (nSPS) is 17.1. The summed E-state index contributed by atoms with van der Waals surface area (Å²) in [5, 5.41) is 12.7. The van der Waals surface area contributed by atoms with E-state index in [4.69, 9.17) is 0 Å². The summed E-state index contributed by atoms with van der Waals surface area (Å²) in [4.78, 5) is 14.5. The molecule has 20 heavy (non-hydrogen) atoms. The highest BCUT2D eigenvalue weighted by Crippen LogP contribution is 2.19. The molecule has 110 valence electrons. The predicted octanol–water partition coefficient (Wildman–Crippen LogP) is 2.16. The first-order valence-electron chi connectivity index (χ1n) is 7.40. The number of carbonyl (C=O) groups is 1. The molecule has 0 aromatic heterocycles. The summed E-state index contributed by atoms with van der Waals surface area (Å²) in [6.45, 7) is 8.14. The summed E-state index contributed by atoms with van der Waals surface area (Å²) in [6, 6.07) is 5.10. The predicted molar refractivity (Wildman–Crippen MR) is 80.0 cm³/mol. The van der Waals surface area contributed by atoms with E-state index in [1.807, 2.05) is 6.92 Å². The van der Waals surface area contributed by atoms with Crippen LogP contribution in [0, 0.1) is 12.8 Å². The number of nitrogens with one attached hydrogen (secondary N) is 1. The largest absolute Gasteiger partial charge is 0.507 e. The van der Waals surface area contributed by atoms with Crippen LogP contribution >= 0.6 is 0 Å². The van der Waals surface area contributed by atoms with Crippen molar-refractivity contribution >= 4 is 5.91 Å². The first-order valence-corrected chi connectivity index (χ1v) is 7.40. The standard InChI is InChI=1S/C16H24N2O2/c1-3-18-8-6-13(7-9-18)11-17-16(20)14-10-12(2)4-5-15(14)19/h4-5,10,13,19H,3,6-9,11H2,1-2H3,(H,17,20). The third-order valence-corrected chi connectivity index (χ3v) is 4.10. The quantitative estimate of drug-likeness (QED) is 0.886. The van der Waals surface area contributed by atoms with E-state index in [0.29, 0.717) is 18.0 Å². The van der Waals surface area contributed by atoms with E-state index in [-0.39, 0.29) is 11.7 Å². The maximum absolute atomic E-state index is 12.1. The highest BCUT2D eigenvalue weighted by atomic mass is 16.3. The van der Waals surface area contributed by atoms with E-state index in [9.17, 15) is 9.90 Å². The van der Waals surface area contributed by atoms with E-state index in [1.54, 1.807) is 18.2 Å². The van der Waals surface area contributed by atoms with Gasteiger partial charge in [-0.25, -0.2) is 0 Å². The van der Waals surface area contributed by atoms with Gasteiger partial charge in [0.05, 0.1) is 5.56 Å². The molecule has 0 atom stereocenters. The zero-order valence-corrected chi connectivity index (χ0v) is 12.4. The van der Waals surface area contributed by atoms with E-state index in [1.165, 1.54) is 0 Å². The Morgan fingerprint density at radius 3 is 2.75 bits per heavy atom. The highest BCUT2D eigenvalue weighted by Gasteiger charge is 2.19. The van der Waals surface area contributed by atoms with Crippen LogP contribution in [0.5, 0.6) is 5.75 Å². The molecule has 0 unspecified atom stereocenters. The molecule has 1 heterocycles. The summed E-state index contributed by atoms with van der Waals surface area (Å²) in [6.07, 6.45) is 2.27. The number of aromatic hydroxyl groups is 1. The van der Waals surface area contributed by atoms with Crippen LogP contribution in [0.1, 0.15) is 35.7 Å². The zero-order chi connectivity index (χ0) is 14.5. The fraction of sp³-hybridized carbons (Fsp3) is 0.562. The molecular formula is C16H24N2O2. The fourth-order valence-electron chi connectivity index (χ4n) is 2.67. The van der Waals surface area contributed by atoms with Crippen molar-refractivity contribution in [2.45, 2.75) is 26.7 Å². The highest BCUT2D eigenvalue weighted by molar-refractivity contribution is 5.96. The lowest BCUT2D eigenvalue weighted by molar-refractivity contribution is 0.0934. The number of aryl methyl sites for hydroxylation is 1. The van der Waals surface area contributed by atoms with E-state index in [0.717, 1.165) is 38.0 Å². The number of likely N-dealkylation sites (tertiary alicyclic amines) is 1. The zero-order valence-electron chi connectivity index (χ0n) is 12.4. The maximum Gasteiger partial charge on any atom is 0.255 e. The molecule has 1 fully saturated rings. The first-order chi connectivity index (χ1) is 9.60. The number of carbonyl (C=O) groups excluding carboxylic acids is 1. The molecule has 2 N–H and O–H groups in total. The molecule has 0 bridgehead atoms. The number of phenolic OH excluding ortho intramolecular Hbond substituents is 1. The first kappa shape index (κ1) is 14.9. The Labute approximate surface area is 120 Å². The van der Waals surface area contributed by atoms with Gasteiger partial charge in [0.25, 0.3) is 5.91 Å². The number of amides is 1. The lowest BCUT2D eigenvalue weighted by Crippen LogP contribution is -2.38. The van der Waals surface area contributed by atoms with Crippen molar-refractivity contribution in [3.05, 3.63) is 29.3 Å². The van der Waals surface area contributed by atoms with Crippen molar-refractivity contribution in [2.75, 3.05) is 26.2 Å². The van der Waals surface area contributed by atoms with Crippen LogP contribution in [0.3, 0.4) is 0 Å². The molecule has 4 heteroatoms. The molecule has 0 spiro atoms. The molecule has 1 aromatic carbocycles. The summed E-state index contributed by atoms with van der Waals surface area (Å²) < 4.78 is 0. The molecule has 1 aliphatic heterocycles. The minimum atomic E-state index is -0.177. The number of rotatable bonds is 4. The van der Waals surface area contributed by atoms with Gasteiger partial charge in [0.1, 0.15) is 5.75 Å². The second-order valence-corrected chi connectivity index (χ2v) is 5.61. The molecule has 1 saturated heterocycles. The van der Waals surface area contributed by atoms with Gasteiger partial charge in [0, 0.05) is 6.54 Å². The Balaban J connectivity index is 1.85. The Morgan fingerprint density at radius 2 is 2.10 bits per heavy atom. The van der Waals surface area contributed by atoms with Gasteiger partial charge in [0.15, 0.2) is 0 Å². The van der Waals surface area contributed by atoms with Crippen molar-refractivity contribution in [3.63, 3.8) is 0 Å². The van der Waals surface area contributed by atoms with Gasteiger partial charge in [-0.15, -0.1) is 0 Å². The summed E-state index contributed by atoms with van der Waals surface area (Å²) in [7, 11) is 0. The second kappa shape index (κ2) is 6.75. The lowest BCUT2D eigenvalue weighted by Gasteiger charge is -2.31. The third-order valence-electron chi connectivity index (χ3n) is 4.10. The molecule has 1 amide bonds. The van der Waals surface area contributed by atoms with Crippen molar-refractivity contribution in [2.24, 2.45) is 5.92 Å². The van der Waals surface area contributed by atoms with Crippen LogP contribution in [0.4, 0.5) is 0 Å². The monoisotopic (exact) mass is 276 g/mol. The number of piperidine rings is 1. The number of phenols is 1. The van der Waals surface area contributed by atoms with Crippen LogP contribution < -0.4 is 5.32 Å². The van der Waals surface area contributed by atoms with E-state index < -0.39 is 0 Å². The van der Waals surface area contributed by atoms with Crippen LogP contribution in [-0.2, 0) is 0 Å². The number of hydrogen-bond acceptors (Lipinski definition) is 3. The summed E-state index contributed by atoms with van der Waals surface area (Å²) in [5.74, 6) is 0.423. The Kier molecular flexibility index (Phi) is 5.01. The van der Waals surface area contributed by atoms with Crippen LogP contribution in [0.15, 0.2) is 18.2 Å². The molecule has 2 rings (SSSR count). The number of nitrogens with zero attached hydrogens (tertiary/aromatic N) is 1. The molecule has 1 aromatic rings. The molecule has 4 nitrogen and oxygen atoms in total. The minimum Gasteiger partial charge on any atom is -0.507 e. The van der Waals surface area contributed by atoms with Gasteiger partial charge in [-0.2, -0.15) is 0 Å². The Morgan fingerprint density at radius 1 is 1.40 bits per heavy atom. The van der Waals surface area contributed by atoms with Crippen molar-refractivity contribution in [1.82, 2.24) is 10.2 Å². The van der Waals surface area contributed by atoms with Crippen LogP contribution in [0.2, 0.25) is 0 Å². The van der Waals surface area contributed by atoms with Crippen molar-refractivity contribution in [1.29, 1.82) is 0 Å². The Bertz CT molecular complexity index is 466. The average Bonchev–Trinajstić information content (AvgIpc) is 2.47. The van der Waals surface area contributed by atoms with Gasteiger partial charge >= 0.3 is 0 Å². The van der Waals surface area contributed by atoms with E-state index in [2.05, 4.69) is 17.1 Å². The number of hydrogen-bond donors (Lipinski definition) is 2. The SMILES string of the molecule is CCN1CCC(CNC(=O)c2cc(C)ccc2O)CC1. The number of benzene rings is 1. The van der Waals surface area contributed by atoms with Gasteiger partial charge in [0.2, 0.25) is 0 Å². The molecule has 1 aliphatic rings. The van der Waals surface area contributed by atoms with Crippen LogP contribution in [-0.4, -0.2) is 42.1 Å². The molecular weight excluding hydrogens is 252 g/mol. The molecule has 0 saturated carbocycles. The molecule has 0 radical (unpaired) electrons. The Hall–Kier alpha value is -1.55. The second-order valence-electron chi connectivity index (χ2n) is 5.61. The van der Waals surface area contributed by atoms with E-state index >= 15 is 0 Å². The van der Waals surface area contributed by atoms with Gasteiger partial charge in [-0.3, -0.25) is 4.79 Å². The summed E-state index contributed by atoms with van der Waals surface area (Å²) >= 11 is 0. The molecule has 0 aliphatic carbocycles. The fourth-order valence-corrected chi connectivity index (χ4v) is 2.67. The van der Waals surface area contributed by atoms with Crippen molar-refractivity contribution < 1.29 is 9.90 Å². The smallest absolute Gasteiger partial charge is 0.255 e. The lowest BCUT2D eigenvalue weighted by atomic mass is 9.96. The van der Waals surface area contributed by atoms with Gasteiger partial charge in [-0.1, -0.05) is 18.6 Å². The topological polar surface area (TPSA) is 52.6 Å². The summed E-state index contributed by atoms with van der Waals surface area (Å²) in [5.41, 5.74) is 1.35. The van der Waals surface area contributed by atoms with Crippen LogP contribution in [0.25, 0.3) is 0 Å².